The van der Waals surface area contributed by atoms with E-state index in [2.05, 4.69) is 5.10 Å². The second-order valence-electron chi connectivity index (χ2n) is 4.32. The molecule has 1 heterocycles. The van der Waals surface area contributed by atoms with E-state index in [1.807, 2.05) is 26.8 Å². The van der Waals surface area contributed by atoms with Crippen LogP contribution in [0.1, 0.15) is 32.4 Å². The molecular weight excluding hydrogens is 232 g/mol. The molecule has 0 aliphatic carbocycles. The van der Waals surface area contributed by atoms with Crippen molar-refractivity contribution in [2.24, 2.45) is 0 Å². The maximum Gasteiger partial charge on any atom is 0.432 e. The Morgan fingerprint density at radius 1 is 1.50 bits per heavy atom. The molecule has 0 amide bonds. The number of rotatable bonds is 3. The highest BCUT2D eigenvalue weighted by Crippen LogP contribution is 2.32. The Labute approximate surface area is 105 Å². The normalized spacial score (nSPS) is 11.1. The summed E-state index contributed by atoms with van der Waals surface area (Å²) in [6.07, 6.45) is -1.08. The van der Waals surface area contributed by atoms with Gasteiger partial charge in [-0.15, -0.1) is 0 Å². The molecule has 0 bridgehead atoms. The first-order chi connectivity index (χ1) is 8.56. The van der Waals surface area contributed by atoms with E-state index < -0.39 is 6.09 Å². The lowest BCUT2D eigenvalue weighted by Gasteiger charge is -2.07. The van der Waals surface area contributed by atoms with Gasteiger partial charge in [-0.1, -0.05) is 19.9 Å². The number of hydrogen-bond donors (Lipinski definition) is 1. The third-order valence-electron chi connectivity index (χ3n) is 2.72. The monoisotopic (exact) mass is 248 g/mol. The molecule has 2 rings (SSSR count). The summed E-state index contributed by atoms with van der Waals surface area (Å²) in [5, 5.41) is 14.1. The minimum atomic E-state index is -1.08. The second kappa shape index (κ2) is 4.68. The predicted molar refractivity (Wildman–Crippen MR) is 68.4 cm³/mol. The summed E-state index contributed by atoms with van der Waals surface area (Å²) in [5.41, 5.74) is 1.31. The number of aromatic nitrogens is 2. The van der Waals surface area contributed by atoms with Crippen LogP contribution in [0, 0.1) is 0 Å². The zero-order chi connectivity index (χ0) is 13.3. The van der Waals surface area contributed by atoms with Crippen molar-refractivity contribution in [3.05, 3.63) is 23.9 Å². The van der Waals surface area contributed by atoms with E-state index in [-0.39, 0.29) is 5.92 Å². The molecule has 1 N–H and O–H groups in total. The summed E-state index contributed by atoms with van der Waals surface area (Å²) in [6, 6.07) is 5.36. The van der Waals surface area contributed by atoms with Gasteiger partial charge in [0.15, 0.2) is 0 Å². The van der Waals surface area contributed by atoms with Crippen LogP contribution in [0.5, 0.6) is 5.75 Å². The van der Waals surface area contributed by atoms with Gasteiger partial charge < -0.3 is 9.84 Å². The van der Waals surface area contributed by atoms with Crippen LogP contribution in [0.15, 0.2) is 18.2 Å². The van der Waals surface area contributed by atoms with E-state index in [1.165, 1.54) is 0 Å². The van der Waals surface area contributed by atoms with E-state index >= 15 is 0 Å². The highest BCUT2D eigenvalue weighted by molar-refractivity contribution is 5.93. The van der Waals surface area contributed by atoms with Crippen LogP contribution in [0.25, 0.3) is 10.9 Å². The number of fused-ring (bicyclic) bond motifs is 1. The van der Waals surface area contributed by atoms with Crippen LogP contribution >= 0.6 is 0 Å². The van der Waals surface area contributed by atoms with Crippen molar-refractivity contribution >= 4 is 17.0 Å². The lowest BCUT2D eigenvalue weighted by molar-refractivity contribution is 0.193. The SMILES string of the molecule is CCOc1cccc2c1c(C(C)C)nn2C(=O)O. The molecule has 0 aliphatic rings. The average Bonchev–Trinajstić information content (AvgIpc) is 2.70. The van der Waals surface area contributed by atoms with Crippen molar-refractivity contribution in [3.8, 4) is 5.75 Å². The van der Waals surface area contributed by atoms with Gasteiger partial charge in [-0.25, -0.2) is 4.79 Å². The van der Waals surface area contributed by atoms with Gasteiger partial charge in [-0.05, 0) is 25.0 Å². The third kappa shape index (κ3) is 1.92. The molecule has 5 nitrogen and oxygen atoms in total. The molecule has 1 aromatic carbocycles. The zero-order valence-electron chi connectivity index (χ0n) is 10.7. The topological polar surface area (TPSA) is 64.4 Å². The number of ether oxygens (including phenoxy) is 1. The largest absolute Gasteiger partial charge is 0.493 e. The first-order valence-electron chi connectivity index (χ1n) is 5.94. The second-order valence-corrected chi connectivity index (χ2v) is 4.32. The zero-order valence-corrected chi connectivity index (χ0v) is 10.7. The van der Waals surface area contributed by atoms with Gasteiger partial charge in [0.1, 0.15) is 5.75 Å². The molecule has 0 radical (unpaired) electrons. The number of benzene rings is 1. The van der Waals surface area contributed by atoms with E-state index in [1.54, 1.807) is 12.1 Å². The van der Waals surface area contributed by atoms with Crippen molar-refractivity contribution in [2.45, 2.75) is 26.7 Å². The van der Waals surface area contributed by atoms with Crippen LogP contribution in [0.3, 0.4) is 0 Å². The van der Waals surface area contributed by atoms with Crippen LogP contribution in [0.4, 0.5) is 4.79 Å². The van der Waals surface area contributed by atoms with E-state index in [0.717, 1.165) is 15.8 Å². The Kier molecular flexibility index (Phi) is 3.23. The fourth-order valence-corrected chi connectivity index (χ4v) is 1.99. The van der Waals surface area contributed by atoms with Crippen molar-refractivity contribution in [2.75, 3.05) is 6.61 Å². The first-order valence-corrected chi connectivity index (χ1v) is 5.94. The molecule has 0 saturated carbocycles. The maximum atomic E-state index is 11.2. The van der Waals surface area contributed by atoms with E-state index in [0.29, 0.717) is 17.9 Å². The molecule has 2 aromatic rings. The first kappa shape index (κ1) is 12.4. The number of nitrogens with zero attached hydrogens (tertiary/aromatic N) is 2. The molecule has 18 heavy (non-hydrogen) atoms. The van der Waals surface area contributed by atoms with Gasteiger partial charge in [0.05, 0.1) is 23.2 Å². The van der Waals surface area contributed by atoms with Gasteiger partial charge in [0.2, 0.25) is 0 Å². The smallest absolute Gasteiger partial charge is 0.432 e. The molecular formula is C13H16N2O3. The van der Waals surface area contributed by atoms with Gasteiger partial charge in [0.25, 0.3) is 0 Å². The molecule has 1 aromatic heterocycles. The van der Waals surface area contributed by atoms with Crippen LogP contribution in [0.2, 0.25) is 0 Å². The van der Waals surface area contributed by atoms with Crippen LogP contribution < -0.4 is 4.74 Å². The van der Waals surface area contributed by atoms with E-state index in [4.69, 9.17) is 9.84 Å². The summed E-state index contributed by atoms with van der Waals surface area (Å²) < 4.78 is 6.56. The lowest BCUT2D eigenvalue weighted by atomic mass is 10.1. The van der Waals surface area contributed by atoms with Gasteiger partial charge >= 0.3 is 6.09 Å². The highest BCUT2D eigenvalue weighted by atomic mass is 16.5. The van der Waals surface area contributed by atoms with Gasteiger partial charge in [-0.2, -0.15) is 9.78 Å². The molecule has 0 aliphatic heterocycles. The molecule has 96 valence electrons. The lowest BCUT2D eigenvalue weighted by Crippen LogP contribution is -2.09. The Morgan fingerprint density at radius 2 is 2.22 bits per heavy atom. The van der Waals surface area contributed by atoms with Gasteiger partial charge in [0, 0.05) is 0 Å². The molecule has 0 saturated heterocycles. The van der Waals surface area contributed by atoms with Crippen molar-refractivity contribution in [1.82, 2.24) is 9.78 Å². The Balaban J connectivity index is 2.78. The van der Waals surface area contributed by atoms with Crippen molar-refractivity contribution in [3.63, 3.8) is 0 Å². The Bertz CT molecular complexity index is 587. The minimum Gasteiger partial charge on any atom is -0.493 e. The third-order valence-corrected chi connectivity index (χ3v) is 2.72. The van der Waals surface area contributed by atoms with Gasteiger partial charge in [-0.3, -0.25) is 0 Å². The summed E-state index contributed by atoms with van der Waals surface area (Å²) >= 11 is 0. The number of hydrogen-bond acceptors (Lipinski definition) is 3. The standard InChI is InChI=1S/C13H16N2O3/c1-4-18-10-7-5-6-9-11(10)12(8(2)3)14-15(9)13(16)17/h5-8H,4H2,1-3H3,(H,16,17). The van der Waals surface area contributed by atoms with Crippen LogP contribution in [-0.4, -0.2) is 27.6 Å². The number of carboxylic acid groups (broad SMARTS) is 1. The van der Waals surface area contributed by atoms with Crippen molar-refractivity contribution in [1.29, 1.82) is 0 Å². The fourth-order valence-electron chi connectivity index (χ4n) is 1.99. The highest BCUT2D eigenvalue weighted by Gasteiger charge is 2.19. The summed E-state index contributed by atoms with van der Waals surface area (Å²) in [7, 11) is 0. The minimum absolute atomic E-state index is 0.134. The number of carbonyl (C=O) groups is 1. The fraction of sp³-hybridized carbons (Fsp3) is 0.385. The maximum absolute atomic E-state index is 11.2. The van der Waals surface area contributed by atoms with Crippen molar-refractivity contribution < 1.29 is 14.6 Å². The predicted octanol–water partition coefficient (Wildman–Crippen LogP) is 3.08. The molecule has 0 unspecified atom stereocenters. The Morgan fingerprint density at radius 3 is 2.78 bits per heavy atom. The summed E-state index contributed by atoms with van der Waals surface area (Å²) in [4.78, 5) is 11.2. The molecule has 0 fully saturated rings. The summed E-state index contributed by atoms with van der Waals surface area (Å²) in [6.45, 7) is 6.40. The Hall–Kier alpha value is -2.04. The van der Waals surface area contributed by atoms with Crippen LogP contribution in [-0.2, 0) is 0 Å². The quantitative estimate of drug-likeness (QED) is 0.906. The molecule has 0 atom stereocenters. The average molecular weight is 248 g/mol. The summed E-state index contributed by atoms with van der Waals surface area (Å²) in [5.74, 6) is 0.820. The van der Waals surface area contributed by atoms with E-state index in [9.17, 15) is 4.79 Å². The molecule has 0 spiro atoms. The molecule has 5 heteroatoms.